The molecule has 0 aliphatic rings. The lowest BCUT2D eigenvalue weighted by molar-refractivity contribution is 0.544. The molecule has 0 atom stereocenters. The highest BCUT2D eigenvalue weighted by Crippen LogP contribution is 2.19. The number of hydrogen-bond acceptors (Lipinski definition) is 4. The zero-order valence-corrected chi connectivity index (χ0v) is 15.1. The molecule has 24 heavy (non-hydrogen) atoms. The SMILES string of the molecule is Cc1ccc(C)c(S(=O)(=O)NNS(=O)(=O)c2ccc(Cl)cc2F)c1. The number of aryl methyl sites for hydroxylation is 2. The van der Waals surface area contributed by atoms with Crippen molar-refractivity contribution in [2.45, 2.75) is 23.6 Å². The Balaban J connectivity index is 2.30. The topological polar surface area (TPSA) is 92.3 Å². The summed E-state index contributed by atoms with van der Waals surface area (Å²) in [5, 5.41) is 0.0161. The third-order valence-electron chi connectivity index (χ3n) is 3.13. The number of benzene rings is 2. The maximum absolute atomic E-state index is 13.7. The Hall–Kier alpha value is -1.52. The average Bonchev–Trinajstić information content (AvgIpc) is 2.47. The molecule has 0 amide bonds. The van der Waals surface area contributed by atoms with Gasteiger partial charge in [-0.25, -0.2) is 21.2 Å². The van der Waals surface area contributed by atoms with Gasteiger partial charge in [-0.2, -0.15) is 0 Å². The second-order valence-electron chi connectivity index (χ2n) is 5.05. The van der Waals surface area contributed by atoms with Crippen LogP contribution in [0.5, 0.6) is 0 Å². The van der Waals surface area contributed by atoms with Crippen molar-refractivity contribution in [1.82, 2.24) is 9.66 Å². The van der Waals surface area contributed by atoms with Crippen molar-refractivity contribution in [3.05, 3.63) is 58.4 Å². The Bertz CT molecular complexity index is 992. The molecule has 0 unspecified atom stereocenters. The van der Waals surface area contributed by atoms with E-state index in [-0.39, 0.29) is 9.92 Å². The summed E-state index contributed by atoms with van der Waals surface area (Å²) in [6.07, 6.45) is 0. The normalized spacial score (nSPS) is 12.3. The van der Waals surface area contributed by atoms with E-state index in [0.717, 1.165) is 12.1 Å². The van der Waals surface area contributed by atoms with Crippen LogP contribution in [0.15, 0.2) is 46.2 Å². The van der Waals surface area contributed by atoms with Crippen LogP contribution in [0, 0.1) is 19.7 Å². The Morgan fingerprint density at radius 1 is 0.875 bits per heavy atom. The van der Waals surface area contributed by atoms with Crippen molar-refractivity contribution in [1.29, 1.82) is 0 Å². The second kappa shape index (κ2) is 6.77. The first-order chi connectivity index (χ1) is 11.0. The lowest BCUT2D eigenvalue weighted by Gasteiger charge is -2.12. The Kier molecular flexibility index (Phi) is 5.31. The summed E-state index contributed by atoms with van der Waals surface area (Å²) < 4.78 is 62.4. The molecular formula is C14H14ClFN2O4S2. The molecule has 10 heteroatoms. The van der Waals surface area contributed by atoms with Crippen molar-refractivity contribution in [3.8, 4) is 0 Å². The van der Waals surface area contributed by atoms with Crippen molar-refractivity contribution >= 4 is 31.6 Å². The van der Waals surface area contributed by atoms with Crippen molar-refractivity contribution in [3.63, 3.8) is 0 Å². The summed E-state index contributed by atoms with van der Waals surface area (Å²) in [4.78, 5) is 2.62. The predicted molar refractivity (Wildman–Crippen MR) is 88.0 cm³/mol. The first-order valence-corrected chi connectivity index (χ1v) is 9.93. The smallest absolute Gasteiger partial charge is 0.206 e. The maximum Gasteiger partial charge on any atom is 0.257 e. The molecule has 0 saturated carbocycles. The molecule has 0 saturated heterocycles. The molecule has 0 aromatic heterocycles. The van der Waals surface area contributed by atoms with Gasteiger partial charge in [0.1, 0.15) is 10.7 Å². The summed E-state index contributed by atoms with van der Waals surface area (Å²) >= 11 is 5.56. The second-order valence-corrected chi connectivity index (χ2v) is 8.79. The summed E-state index contributed by atoms with van der Waals surface area (Å²) in [6, 6.07) is 7.65. The molecular weight excluding hydrogens is 379 g/mol. The van der Waals surface area contributed by atoms with Crippen molar-refractivity contribution in [2.24, 2.45) is 0 Å². The van der Waals surface area contributed by atoms with Crippen LogP contribution in [0.3, 0.4) is 0 Å². The fourth-order valence-corrected chi connectivity index (χ4v) is 4.56. The van der Waals surface area contributed by atoms with Crippen LogP contribution < -0.4 is 9.66 Å². The van der Waals surface area contributed by atoms with E-state index in [0.29, 0.717) is 11.1 Å². The van der Waals surface area contributed by atoms with E-state index in [1.54, 1.807) is 35.6 Å². The number of halogens is 2. The highest BCUT2D eigenvalue weighted by molar-refractivity contribution is 7.92. The van der Waals surface area contributed by atoms with Gasteiger partial charge >= 0.3 is 0 Å². The van der Waals surface area contributed by atoms with Gasteiger partial charge in [0, 0.05) is 5.02 Å². The number of rotatable bonds is 5. The molecule has 0 aliphatic heterocycles. The van der Waals surface area contributed by atoms with Crippen LogP contribution in [0.25, 0.3) is 0 Å². The Morgan fingerprint density at radius 3 is 2.04 bits per heavy atom. The molecule has 0 spiro atoms. The molecule has 0 heterocycles. The standard InChI is InChI=1S/C14H14ClFN2O4S2/c1-9-3-4-10(2)14(7-9)24(21,22)18-17-23(19,20)13-6-5-11(15)8-12(13)16/h3-8,17-18H,1-2H3. The van der Waals surface area contributed by atoms with E-state index < -0.39 is 30.8 Å². The highest BCUT2D eigenvalue weighted by atomic mass is 35.5. The minimum atomic E-state index is -4.45. The summed E-state index contributed by atoms with van der Waals surface area (Å²) in [6.45, 7) is 3.27. The molecule has 130 valence electrons. The molecule has 0 aliphatic carbocycles. The molecule has 0 bridgehead atoms. The molecule has 2 rings (SSSR count). The monoisotopic (exact) mass is 392 g/mol. The van der Waals surface area contributed by atoms with Gasteiger partial charge in [-0.05, 0) is 49.2 Å². The van der Waals surface area contributed by atoms with Crippen LogP contribution in [0.4, 0.5) is 4.39 Å². The average molecular weight is 393 g/mol. The van der Waals surface area contributed by atoms with Crippen LogP contribution >= 0.6 is 11.6 Å². The van der Waals surface area contributed by atoms with Crippen LogP contribution in [-0.4, -0.2) is 16.8 Å². The van der Waals surface area contributed by atoms with Crippen LogP contribution in [0.2, 0.25) is 5.02 Å². The van der Waals surface area contributed by atoms with Crippen LogP contribution in [-0.2, 0) is 20.0 Å². The van der Waals surface area contributed by atoms with E-state index in [9.17, 15) is 21.2 Å². The minimum absolute atomic E-state index is 0.0161. The highest BCUT2D eigenvalue weighted by Gasteiger charge is 2.23. The van der Waals surface area contributed by atoms with Crippen molar-refractivity contribution in [2.75, 3.05) is 0 Å². The van der Waals surface area contributed by atoms with E-state index in [4.69, 9.17) is 11.6 Å². The number of hydrazine groups is 1. The fraction of sp³-hybridized carbons (Fsp3) is 0.143. The quantitative estimate of drug-likeness (QED) is 0.763. The molecule has 0 fully saturated rings. The van der Waals surface area contributed by atoms with Gasteiger partial charge in [-0.3, -0.25) is 0 Å². The third kappa shape index (κ3) is 4.11. The lowest BCUT2D eigenvalue weighted by atomic mass is 10.2. The lowest BCUT2D eigenvalue weighted by Crippen LogP contribution is -2.42. The Morgan fingerprint density at radius 2 is 1.46 bits per heavy atom. The van der Waals surface area contributed by atoms with Gasteiger partial charge < -0.3 is 0 Å². The predicted octanol–water partition coefficient (Wildman–Crippen LogP) is 2.27. The molecule has 6 nitrogen and oxygen atoms in total. The number of nitrogens with one attached hydrogen (secondary N) is 2. The van der Waals surface area contributed by atoms with Gasteiger partial charge in [0.05, 0.1) is 4.90 Å². The van der Waals surface area contributed by atoms with E-state index >= 15 is 0 Å². The van der Waals surface area contributed by atoms with Gasteiger partial charge in [-0.15, -0.1) is 9.66 Å². The molecule has 2 N–H and O–H groups in total. The first kappa shape index (κ1) is 18.8. The van der Waals surface area contributed by atoms with E-state index in [2.05, 4.69) is 0 Å². The van der Waals surface area contributed by atoms with Gasteiger partial charge in [0.2, 0.25) is 0 Å². The largest absolute Gasteiger partial charge is 0.257 e. The number of hydrogen-bond donors (Lipinski definition) is 2. The van der Waals surface area contributed by atoms with Gasteiger partial charge in [0.25, 0.3) is 20.0 Å². The van der Waals surface area contributed by atoms with Gasteiger partial charge in [-0.1, -0.05) is 23.7 Å². The fourth-order valence-electron chi connectivity index (χ4n) is 1.91. The van der Waals surface area contributed by atoms with E-state index in [1.165, 1.54) is 12.1 Å². The van der Waals surface area contributed by atoms with Gasteiger partial charge in [0.15, 0.2) is 0 Å². The minimum Gasteiger partial charge on any atom is -0.206 e. The summed E-state index contributed by atoms with van der Waals surface area (Å²) in [7, 11) is -8.61. The molecule has 0 radical (unpaired) electrons. The molecule has 2 aromatic carbocycles. The maximum atomic E-state index is 13.7. The van der Waals surface area contributed by atoms with Crippen LogP contribution in [0.1, 0.15) is 11.1 Å². The third-order valence-corrected chi connectivity index (χ3v) is 6.16. The molecule has 2 aromatic rings. The summed E-state index contributed by atoms with van der Waals surface area (Å²) in [5.74, 6) is -1.10. The zero-order valence-electron chi connectivity index (χ0n) is 12.7. The van der Waals surface area contributed by atoms with E-state index in [1.807, 2.05) is 0 Å². The zero-order chi connectivity index (χ0) is 18.1. The Labute approximate surface area is 144 Å². The summed E-state index contributed by atoms with van der Waals surface area (Å²) in [5.41, 5.74) is 1.12. The first-order valence-electron chi connectivity index (χ1n) is 6.59. The van der Waals surface area contributed by atoms with Crippen molar-refractivity contribution < 1.29 is 21.2 Å². The number of sulfonamides is 2.